The number of aromatic nitrogens is 2. The van der Waals surface area contributed by atoms with E-state index in [-0.39, 0.29) is 5.82 Å². The normalized spacial score (nSPS) is 15.6. The van der Waals surface area contributed by atoms with Crippen molar-refractivity contribution in [1.29, 1.82) is 0 Å². The highest BCUT2D eigenvalue weighted by Gasteiger charge is 2.22. The zero-order chi connectivity index (χ0) is 26.6. The summed E-state index contributed by atoms with van der Waals surface area (Å²) >= 11 is 6.67. The number of hydrogen-bond acceptors (Lipinski definition) is 5. The highest BCUT2D eigenvalue weighted by atomic mass is 35.5. The lowest BCUT2D eigenvalue weighted by atomic mass is 9.97. The van der Waals surface area contributed by atoms with E-state index in [1.54, 1.807) is 12.1 Å². The third kappa shape index (κ3) is 5.80. The molecule has 2 aromatic heterocycles. The predicted molar refractivity (Wildman–Crippen MR) is 141 cm³/mol. The van der Waals surface area contributed by atoms with Crippen LogP contribution >= 0.6 is 11.6 Å². The molecule has 2 N–H and O–H groups in total. The fourth-order valence-electron chi connectivity index (χ4n) is 4.69. The van der Waals surface area contributed by atoms with Gasteiger partial charge >= 0.3 is 5.97 Å². The number of hydrogen-bond donors (Lipinski definition) is 2. The molecule has 4 aromatic rings. The molecule has 0 unspecified atom stereocenters. The van der Waals surface area contributed by atoms with Crippen LogP contribution in [-0.4, -0.2) is 58.4 Å². The Morgan fingerprint density at radius 2 is 2.00 bits per heavy atom. The molecule has 0 radical (unpaired) electrons. The monoisotopic (exact) mass is 540 g/mol. The molecule has 4 heterocycles. The van der Waals surface area contributed by atoms with Crippen LogP contribution in [0.3, 0.4) is 0 Å². The van der Waals surface area contributed by atoms with Crippen molar-refractivity contribution in [2.45, 2.75) is 19.0 Å². The lowest BCUT2D eigenvalue weighted by molar-refractivity contribution is -0.137. The SMILES string of the molecule is Fc1ccc2c(ccn2-c2cc(Cl)c3c(c2)CN(Cc2ccnc(C4CNC4)c2)CCO3)c1.O=C(O)CF. The second-order valence-corrected chi connectivity index (χ2v) is 9.74. The van der Waals surface area contributed by atoms with Gasteiger partial charge in [0, 0.05) is 73.4 Å². The van der Waals surface area contributed by atoms with Crippen LogP contribution in [0.25, 0.3) is 16.6 Å². The summed E-state index contributed by atoms with van der Waals surface area (Å²) in [5.74, 6) is -0.382. The molecule has 1 saturated heterocycles. The summed E-state index contributed by atoms with van der Waals surface area (Å²) in [5.41, 5.74) is 5.36. The van der Waals surface area contributed by atoms with Crippen molar-refractivity contribution in [3.63, 3.8) is 0 Å². The van der Waals surface area contributed by atoms with E-state index < -0.39 is 12.6 Å². The van der Waals surface area contributed by atoms with Gasteiger partial charge in [0.25, 0.3) is 0 Å². The molecule has 38 heavy (non-hydrogen) atoms. The fourth-order valence-corrected chi connectivity index (χ4v) is 4.98. The summed E-state index contributed by atoms with van der Waals surface area (Å²) in [6.45, 7) is 3.69. The Balaban J connectivity index is 0.000000540. The summed E-state index contributed by atoms with van der Waals surface area (Å²) in [7, 11) is 0. The number of pyridine rings is 1. The maximum Gasteiger partial charge on any atom is 0.335 e. The molecule has 0 saturated carbocycles. The van der Waals surface area contributed by atoms with Gasteiger partial charge < -0.3 is 19.7 Å². The minimum Gasteiger partial charge on any atom is -0.490 e. The second-order valence-electron chi connectivity index (χ2n) is 9.34. The molecule has 2 aliphatic rings. The smallest absolute Gasteiger partial charge is 0.335 e. The number of carbonyl (C=O) groups is 1. The fraction of sp³-hybridized carbons (Fsp3) is 0.286. The van der Waals surface area contributed by atoms with E-state index in [1.807, 2.05) is 29.1 Å². The lowest BCUT2D eigenvalue weighted by Crippen LogP contribution is -2.40. The van der Waals surface area contributed by atoms with Crippen molar-refractivity contribution < 1.29 is 23.4 Å². The number of nitrogens with zero attached hydrogens (tertiary/aromatic N) is 3. The summed E-state index contributed by atoms with van der Waals surface area (Å²) < 4.78 is 32.3. The molecule has 198 valence electrons. The van der Waals surface area contributed by atoms with Crippen LogP contribution in [0.2, 0.25) is 5.02 Å². The first-order valence-corrected chi connectivity index (χ1v) is 12.7. The minimum atomic E-state index is -1.41. The number of rotatable bonds is 5. The van der Waals surface area contributed by atoms with E-state index in [4.69, 9.17) is 26.2 Å². The Labute approximate surface area is 223 Å². The number of benzene rings is 2. The number of nitrogens with one attached hydrogen (secondary N) is 1. The van der Waals surface area contributed by atoms with Gasteiger partial charge in [-0.2, -0.15) is 0 Å². The molecule has 0 aliphatic carbocycles. The summed E-state index contributed by atoms with van der Waals surface area (Å²) in [4.78, 5) is 15.9. The second kappa shape index (κ2) is 11.5. The van der Waals surface area contributed by atoms with Crippen LogP contribution in [0.15, 0.2) is 60.9 Å². The Morgan fingerprint density at radius 1 is 1.18 bits per heavy atom. The van der Waals surface area contributed by atoms with Crippen molar-refractivity contribution >= 4 is 28.5 Å². The summed E-state index contributed by atoms with van der Waals surface area (Å²) in [6.07, 6.45) is 3.87. The zero-order valence-corrected chi connectivity index (χ0v) is 21.3. The van der Waals surface area contributed by atoms with Gasteiger partial charge in [-0.1, -0.05) is 11.6 Å². The molecule has 2 aromatic carbocycles. The Hall–Kier alpha value is -3.53. The number of halogens is 3. The third-order valence-electron chi connectivity index (χ3n) is 6.65. The molecule has 7 nitrogen and oxygen atoms in total. The van der Waals surface area contributed by atoms with E-state index in [0.29, 0.717) is 17.5 Å². The Morgan fingerprint density at radius 3 is 2.74 bits per heavy atom. The highest BCUT2D eigenvalue weighted by Crippen LogP contribution is 2.35. The molecule has 10 heteroatoms. The molecular weight excluding hydrogens is 514 g/mol. The quantitative estimate of drug-likeness (QED) is 0.373. The number of fused-ring (bicyclic) bond motifs is 2. The van der Waals surface area contributed by atoms with Gasteiger partial charge in [-0.15, -0.1) is 0 Å². The van der Waals surface area contributed by atoms with Crippen molar-refractivity contribution in [2.24, 2.45) is 0 Å². The first-order chi connectivity index (χ1) is 18.4. The van der Waals surface area contributed by atoms with Crippen molar-refractivity contribution in [3.05, 3.63) is 88.6 Å². The topological polar surface area (TPSA) is 79.6 Å². The molecule has 0 bridgehead atoms. The van der Waals surface area contributed by atoms with Crippen molar-refractivity contribution in [2.75, 3.05) is 32.9 Å². The largest absolute Gasteiger partial charge is 0.490 e. The molecule has 0 amide bonds. The highest BCUT2D eigenvalue weighted by molar-refractivity contribution is 6.32. The standard InChI is InChI=1S/C26H24ClFN4O.C2H3FO2/c27-23-12-22(32-6-4-18-10-21(28)1-2-25(18)32)11-19-16-31(7-8-33-26(19)23)15-17-3-5-30-24(9-17)20-13-29-14-20;3-1-2(4)5/h1-6,9-12,20,29H,7-8,13-16H2;1H2,(H,4,5). The molecule has 0 atom stereocenters. The zero-order valence-electron chi connectivity index (χ0n) is 20.5. The van der Waals surface area contributed by atoms with Gasteiger partial charge in [-0.3, -0.25) is 9.88 Å². The first-order valence-electron chi connectivity index (χ1n) is 12.3. The van der Waals surface area contributed by atoms with Crippen LogP contribution in [-0.2, 0) is 17.9 Å². The maximum absolute atomic E-state index is 13.6. The average Bonchev–Trinajstić information content (AvgIpc) is 3.16. The van der Waals surface area contributed by atoms with E-state index in [1.165, 1.54) is 17.3 Å². The summed E-state index contributed by atoms with van der Waals surface area (Å²) in [5, 5.41) is 12.1. The van der Waals surface area contributed by atoms with Gasteiger partial charge in [-0.05, 0) is 54.1 Å². The number of carboxylic acids is 1. The maximum atomic E-state index is 13.6. The van der Waals surface area contributed by atoms with E-state index in [0.717, 1.165) is 60.6 Å². The van der Waals surface area contributed by atoms with Crippen molar-refractivity contribution in [1.82, 2.24) is 19.8 Å². The molecule has 0 spiro atoms. The van der Waals surface area contributed by atoms with Gasteiger partial charge in [0.1, 0.15) is 18.2 Å². The molecule has 2 aliphatic heterocycles. The van der Waals surface area contributed by atoms with Gasteiger partial charge in [0.05, 0.1) is 10.5 Å². The van der Waals surface area contributed by atoms with E-state index in [9.17, 15) is 8.78 Å². The number of ether oxygens (including phenoxy) is 1. The minimum absolute atomic E-state index is 0.239. The van der Waals surface area contributed by atoms with Crippen LogP contribution in [0.4, 0.5) is 8.78 Å². The van der Waals surface area contributed by atoms with Gasteiger partial charge in [-0.25, -0.2) is 13.6 Å². The Bertz CT molecular complexity index is 1460. The first kappa shape index (κ1) is 26.1. The van der Waals surface area contributed by atoms with Crippen LogP contribution in [0, 0.1) is 5.82 Å². The lowest BCUT2D eigenvalue weighted by Gasteiger charge is -2.27. The third-order valence-corrected chi connectivity index (χ3v) is 6.93. The van der Waals surface area contributed by atoms with Crippen LogP contribution in [0.1, 0.15) is 22.7 Å². The van der Waals surface area contributed by atoms with Crippen molar-refractivity contribution in [3.8, 4) is 11.4 Å². The van der Waals surface area contributed by atoms with E-state index in [2.05, 4.69) is 33.4 Å². The summed E-state index contributed by atoms with van der Waals surface area (Å²) in [6, 6.07) is 15.1. The molecule has 1 fully saturated rings. The number of carboxylic acid groups (broad SMARTS) is 1. The van der Waals surface area contributed by atoms with Gasteiger partial charge in [0.2, 0.25) is 0 Å². The van der Waals surface area contributed by atoms with Gasteiger partial charge in [0.15, 0.2) is 6.67 Å². The van der Waals surface area contributed by atoms with E-state index >= 15 is 0 Å². The van der Waals surface area contributed by atoms with Crippen LogP contribution in [0.5, 0.6) is 5.75 Å². The molecule has 6 rings (SSSR count). The Kier molecular flexibility index (Phi) is 7.87. The number of aliphatic carboxylic acids is 1. The predicted octanol–water partition coefficient (Wildman–Crippen LogP) is 4.94. The molecular formula is C28H27ClF2N4O3. The number of alkyl halides is 1. The van der Waals surface area contributed by atoms with Crippen LogP contribution < -0.4 is 10.1 Å². The average molecular weight is 541 g/mol.